The molecular weight excluding hydrogens is 358 g/mol. The van der Waals surface area contributed by atoms with Crippen molar-refractivity contribution in [2.45, 2.75) is 33.2 Å². The third-order valence-electron chi connectivity index (χ3n) is 4.71. The number of carbonyl (C=O) groups is 1. The van der Waals surface area contributed by atoms with Gasteiger partial charge < -0.3 is 14.6 Å². The first kappa shape index (κ1) is 19.8. The fourth-order valence-electron chi connectivity index (χ4n) is 3.14. The van der Waals surface area contributed by atoms with E-state index < -0.39 is 0 Å². The zero-order valence-corrected chi connectivity index (χ0v) is 16.4. The molecule has 1 amide bonds. The summed E-state index contributed by atoms with van der Waals surface area (Å²) in [5.41, 5.74) is 1.68. The van der Waals surface area contributed by atoms with Crippen molar-refractivity contribution in [2.24, 2.45) is 0 Å². The summed E-state index contributed by atoms with van der Waals surface area (Å²) in [6.07, 6.45) is 3.47. The summed E-state index contributed by atoms with van der Waals surface area (Å²) in [4.78, 5) is 30.4. The second-order valence-electron chi connectivity index (χ2n) is 6.70. The number of methoxy groups -OCH3 is 1. The number of fused-ring (bicyclic) bond motifs is 2. The maximum absolute atomic E-state index is 13.1. The first-order chi connectivity index (χ1) is 13.5. The number of aromatic nitrogens is 3. The van der Waals surface area contributed by atoms with E-state index in [0.717, 1.165) is 18.4 Å². The van der Waals surface area contributed by atoms with Gasteiger partial charge in [-0.15, -0.1) is 0 Å². The lowest BCUT2D eigenvalue weighted by Gasteiger charge is -2.15. The molecule has 0 spiro atoms. The quantitative estimate of drug-likeness (QED) is 0.478. The molecule has 3 aromatic heterocycles. The minimum Gasteiger partial charge on any atom is -0.383 e. The molecule has 0 bridgehead atoms. The van der Waals surface area contributed by atoms with Crippen LogP contribution in [0.25, 0.3) is 16.7 Å². The van der Waals surface area contributed by atoms with Crippen LogP contribution in [0.1, 0.15) is 35.7 Å². The molecule has 0 saturated carbocycles. The Kier molecular flexibility index (Phi) is 5.89. The molecule has 0 unspecified atom stereocenters. The number of ether oxygens (including phenoxy) is 1. The fraction of sp³-hybridized carbons (Fsp3) is 0.400. The van der Waals surface area contributed by atoms with E-state index in [9.17, 15) is 9.59 Å². The predicted octanol–water partition coefficient (Wildman–Crippen LogP) is 1.61. The Hall–Kier alpha value is -3.00. The molecule has 0 atom stereocenters. The highest BCUT2D eigenvalue weighted by atomic mass is 16.5. The predicted molar refractivity (Wildman–Crippen MR) is 107 cm³/mol. The van der Waals surface area contributed by atoms with Gasteiger partial charge in [0.25, 0.3) is 11.5 Å². The SMILES string of the molecule is CCCCNC(=O)c1cc2c(=O)n3cccc(C)c3nc2n(CCOC)c1=N. The maximum atomic E-state index is 13.1. The van der Waals surface area contributed by atoms with Gasteiger partial charge in [0.05, 0.1) is 17.6 Å². The lowest BCUT2D eigenvalue weighted by Crippen LogP contribution is -2.36. The number of pyridine rings is 2. The van der Waals surface area contributed by atoms with Crippen molar-refractivity contribution in [1.82, 2.24) is 19.3 Å². The average Bonchev–Trinajstić information content (AvgIpc) is 2.68. The molecule has 28 heavy (non-hydrogen) atoms. The van der Waals surface area contributed by atoms with Gasteiger partial charge in [-0.25, -0.2) is 4.98 Å². The molecule has 148 valence electrons. The summed E-state index contributed by atoms with van der Waals surface area (Å²) >= 11 is 0. The van der Waals surface area contributed by atoms with Crippen LogP contribution >= 0.6 is 0 Å². The smallest absolute Gasteiger partial charge is 0.267 e. The van der Waals surface area contributed by atoms with E-state index in [1.807, 2.05) is 19.9 Å². The van der Waals surface area contributed by atoms with E-state index in [2.05, 4.69) is 10.3 Å². The number of hydrogen-bond donors (Lipinski definition) is 2. The fourth-order valence-corrected chi connectivity index (χ4v) is 3.14. The second kappa shape index (κ2) is 8.35. The molecular formula is C20H25N5O3. The maximum Gasteiger partial charge on any atom is 0.267 e. The first-order valence-electron chi connectivity index (χ1n) is 9.36. The summed E-state index contributed by atoms with van der Waals surface area (Å²) in [6, 6.07) is 5.14. The Balaban J connectivity index is 2.29. The van der Waals surface area contributed by atoms with E-state index in [1.165, 1.54) is 10.5 Å². The zero-order valence-electron chi connectivity index (χ0n) is 16.4. The van der Waals surface area contributed by atoms with Crippen LogP contribution < -0.4 is 16.4 Å². The van der Waals surface area contributed by atoms with Crippen LogP contribution in [0.15, 0.2) is 29.2 Å². The van der Waals surface area contributed by atoms with Crippen molar-refractivity contribution in [3.63, 3.8) is 0 Å². The molecule has 0 aliphatic heterocycles. The van der Waals surface area contributed by atoms with Crippen LogP contribution in [-0.2, 0) is 11.3 Å². The van der Waals surface area contributed by atoms with Gasteiger partial charge in [0.2, 0.25) is 0 Å². The molecule has 0 radical (unpaired) electrons. The molecule has 2 N–H and O–H groups in total. The topological polar surface area (TPSA) is 101 Å². The lowest BCUT2D eigenvalue weighted by molar-refractivity contribution is 0.0950. The molecule has 0 saturated heterocycles. The molecule has 0 fully saturated rings. The van der Waals surface area contributed by atoms with E-state index in [1.54, 1.807) is 23.9 Å². The van der Waals surface area contributed by atoms with Gasteiger partial charge in [0.15, 0.2) is 0 Å². The molecule has 8 nitrogen and oxygen atoms in total. The van der Waals surface area contributed by atoms with E-state index in [0.29, 0.717) is 36.4 Å². The molecule has 3 rings (SSSR count). The Labute approximate surface area is 162 Å². The zero-order chi connectivity index (χ0) is 20.3. The van der Waals surface area contributed by atoms with Crippen molar-refractivity contribution in [2.75, 3.05) is 20.3 Å². The van der Waals surface area contributed by atoms with Crippen LogP contribution in [0, 0.1) is 12.3 Å². The third kappa shape index (κ3) is 3.55. The molecule has 8 heteroatoms. The average molecular weight is 383 g/mol. The Morgan fingerprint density at radius 3 is 2.86 bits per heavy atom. The van der Waals surface area contributed by atoms with Gasteiger partial charge in [-0.05, 0) is 31.0 Å². The minimum absolute atomic E-state index is 0.0170. The van der Waals surface area contributed by atoms with Crippen LogP contribution in [0.3, 0.4) is 0 Å². The summed E-state index contributed by atoms with van der Waals surface area (Å²) in [6.45, 7) is 5.09. The number of aryl methyl sites for hydroxylation is 1. The highest BCUT2D eigenvalue weighted by Gasteiger charge is 2.17. The highest BCUT2D eigenvalue weighted by Crippen LogP contribution is 2.12. The molecule has 3 heterocycles. The highest BCUT2D eigenvalue weighted by molar-refractivity contribution is 5.96. The van der Waals surface area contributed by atoms with Crippen molar-refractivity contribution < 1.29 is 9.53 Å². The normalized spacial score (nSPS) is 11.2. The molecule has 0 aromatic carbocycles. The summed E-state index contributed by atoms with van der Waals surface area (Å²) in [5.74, 6) is -0.361. The lowest BCUT2D eigenvalue weighted by atomic mass is 10.2. The summed E-state index contributed by atoms with van der Waals surface area (Å²) in [5, 5.41) is 11.7. The number of nitrogens with zero attached hydrogens (tertiary/aromatic N) is 3. The van der Waals surface area contributed by atoms with E-state index in [-0.39, 0.29) is 22.5 Å². The van der Waals surface area contributed by atoms with Crippen LogP contribution in [0.2, 0.25) is 0 Å². The molecule has 3 aromatic rings. The van der Waals surface area contributed by atoms with Gasteiger partial charge in [0.1, 0.15) is 16.8 Å². The molecule has 0 aliphatic rings. The first-order valence-corrected chi connectivity index (χ1v) is 9.36. The monoisotopic (exact) mass is 383 g/mol. The van der Waals surface area contributed by atoms with Gasteiger partial charge in [-0.1, -0.05) is 19.4 Å². The van der Waals surface area contributed by atoms with Crippen LogP contribution in [-0.4, -0.2) is 40.1 Å². The van der Waals surface area contributed by atoms with Gasteiger partial charge in [0, 0.05) is 26.4 Å². The van der Waals surface area contributed by atoms with Gasteiger partial charge in [-0.2, -0.15) is 0 Å². The number of unbranched alkanes of at least 4 members (excludes halogenated alkanes) is 1. The standard InChI is InChI=1S/C20H25N5O3/c1-4-5-8-22-19(26)14-12-15-18(24(16(14)21)10-11-28-3)23-17-13(2)7-6-9-25(17)20(15)27/h6-7,9,12,21H,4-5,8,10-11H2,1-3H3,(H,22,26). The summed E-state index contributed by atoms with van der Waals surface area (Å²) < 4.78 is 8.20. The second-order valence-corrected chi connectivity index (χ2v) is 6.70. The van der Waals surface area contributed by atoms with Crippen molar-refractivity contribution in [1.29, 1.82) is 5.41 Å². The van der Waals surface area contributed by atoms with E-state index >= 15 is 0 Å². The summed E-state index contributed by atoms with van der Waals surface area (Å²) in [7, 11) is 1.57. The van der Waals surface area contributed by atoms with Gasteiger partial charge >= 0.3 is 0 Å². The van der Waals surface area contributed by atoms with Gasteiger partial charge in [-0.3, -0.25) is 19.4 Å². The third-order valence-corrected chi connectivity index (χ3v) is 4.71. The Bertz CT molecular complexity index is 1150. The largest absolute Gasteiger partial charge is 0.383 e. The number of nitrogens with one attached hydrogen (secondary N) is 2. The Morgan fingerprint density at radius 1 is 1.36 bits per heavy atom. The number of hydrogen-bond acceptors (Lipinski definition) is 5. The Morgan fingerprint density at radius 2 is 2.14 bits per heavy atom. The number of rotatable bonds is 7. The van der Waals surface area contributed by atoms with Crippen LogP contribution in [0.4, 0.5) is 0 Å². The number of amides is 1. The van der Waals surface area contributed by atoms with Crippen LogP contribution in [0.5, 0.6) is 0 Å². The van der Waals surface area contributed by atoms with Crippen molar-refractivity contribution in [3.05, 3.63) is 51.4 Å². The van der Waals surface area contributed by atoms with Crippen molar-refractivity contribution in [3.8, 4) is 0 Å². The minimum atomic E-state index is -0.361. The van der Waals surface area contributed by atoms with E-state index in [4.69, 9.17) is 10.1 Å². The number of carbonyl (C=O) groups excluding carboxylic acids is 1. The molecule has 0 aliphatic carbocycles. The van der Waals surface area contributed by atoms with Crippen molar-refractivity contribution >= 4 is 22.6 Å².